The summed E-state index contributed by atoms with van der Waals surface area (Å²) in [7, 11) is 1.22. The van der Waals surface area contributed by atoms with Crippen molar-refractivity contribution in [3.63, 3.8) is 0 Å². The van der Waals surface area contributed by atoms with E-state index in [1.807, 2.05) is 0 Å². The Morgan fingerprint density at radius 2 is 2.50 bits per heavy atom. The lowest BCUT2D eigenvalue weighted by atomic mass is 10.4. The Balaban J connectivity index is 2.93. The lowest BCUT2D eigenvalue weighted by molar-refractivity contribution is 0.0601. The molecule has 0 saturated carbocycles. The number of ether oxygens (including phenoxy) is 1. The summed E-state index contributed by atoms with van der Waals surface area (Å²) in [4.78, 5) is 10.7. The van der Waals surface area contributed by atoms with Crippen molar-refractivity contribution in [3.8, 4) is 0 Å². The summed E-state index contributed by atoms with van der Waals surface area (Å²) >= 11 is 1.03. The predicted molar refractivity (Wildman–Crippen MR) is 35.6 cm³/mol. The number of methoxy groups -OCH3 is 1. The second kappa shape index (κ2) is 2.79. The molecule has 0 aliphatic carbocycles. The zero-order chi connectivity index (χ0) is 7.56. The number of rotatable bonds is 1. The molecule has 2 nitrogen and oxygen atoms in total. The Kier molecular flexibility index (Phi) is 2.01. The van der Waals surface area contributed by atoms with Crippen LogP contribution in [0, 0.1) is 5.82 Å². The summed E-state index contributed by atoms with van der Waals surface area (Å²) in [5, 5.41) is 1.50. The monoisotopic (exact) mass is 160 g/mol. The van der Waals surface area contributed by atoms with Gasteiger partial charge in [0.1, 0.15) is 10.7 Å². The average Bonchev–Trinajstić information content (AvgIpc) is 2.34. The third-order valence-corrected chi connectivity index (χ3v) is 1.86. The molecule has 0 aromatic carbocycles. The van der Waals surface area contributed by atoms with Crippen molar-refractivity contribution in [3.05, 3.63) is 22.1 Å². The van der Waals surface area contributed by atoms with Gasteiger partial charge in [0.15, 0.2) is 0 Å². The Morgan fingerprint density at radius 3 is 2.90 bits per heavy atom. The van der Waals surface area contributed by atoms with Crippen LogP contribution in [0.4, 0.5) is 4.39 Å². The molecule has 1 heterocycles. The summed E-state index contributed by atoms with van der Waals surface area (Å²) in [6.45, 7) is 0. The third kappa shape index (κ3) is 1.16. The van der Waals surface area contributed by atoms with Gasteiger partial charge in [-0.25, -0.2) is 9.18 Å². The molecule has 1 aromatic rings. The summed E-state index contributed by atoms with van der Waals surface area (Å²) in [6.07, 6.45) is 0. The van der Waals surface area contributed by atoms with Crippen LogP contribution in [-0.2, 0) is 4.74 Å². The Bertz CT molecular complexity index is 244. The van der Waals surface area contributed by atoms with Crippen molar-refractivity contribution < 1.29 is 13.9 Å². The molecule has 0 fully saturated rings. The van der Waals surface area contributed by atoms with Crippen LogP contribution < -0.4 is 0 Å². The highest BCUT2D eigenvalue weighted by Crippen LogP contribution is 2.14. The van der Waals surface area contributed by atoms with Gasteiger partial charge in [-0.15, -0.1) is 11.3 Å². The van der Waals surface area contributed by atoms with E-state index in [0.29, 0.717) is 0 Å². The first-order valence-corrected chi connectivity index (χ1v) is 3.45. The maximum atomic E-state index is 12.5. The molecule has 0 spiro atoms. The normalized spacial score (nSPS) is 9.40. The molecule has 0 bridgehead atoms. The molecule has 0 N–H and O–H groups in total. The Labute approximate surface area is 61.2 Å². The molecule has 10 heavy (non-hydrogen) atoms. The van der Waals surface area contributed by atoms with Gasteiger partial charge in [0.2, 0.25) is 0 Å². The highest BCUT2D eigenvalue weighted by Gasteiger charge is 2.12. The zero-order valence-electron chi connectivity index (χ0n) is 5.26. The first-order valence-electron chi connectivity index (χ1n) is 2.57. The van der Waals surface area contributed by atoms with E-state index in [9.17, 15) is 9.18 Å². The second-order valence-corrected chi connectivity index (χ2v) is 2.51. The molecule has 54 valence electrons. The van der Waals surface area contributed by atoms with Gasteiger partial charge in [-0.1, -0.05) is 0 Å². The smallest absolute Gasteiger partial charge is 0.351 e. The number of carbonyl (C=O) groups excluding carboxylic acids is 1. The van der Waals surface area contributed by atoms with Gasteiger partial charge in [-0.2, -0.15) is 0 Å². The van der Waals surface area contributed by atoms with Gasteiger partial charge in [-0.3, -0.25) is 0 Å². The maximum absolute atomic E-state index is 12.5. The molecule has 0 aliphatic heterocycles. The number of hydrogen-bond donors (Lipinski definition) is 0. The highest BCUT2D eigenvalue weighted by atomic mass is 32.1. The topological polar surface area (TPSA) is 26.3 Å². The van der Waals surface area contributed by atoms with E-state index in [1.54, 1.807) is 0 Å². The predicted octanol–water partition coefficient (Wildman–Crippen LogP) is 1.67. The van der Waals surface area contributed by atoms with E-state index >= 15 is 0 Å². The second-order valence-electron chi connectivity index (χ2n) is 1.59. The van der Waals surface area contributed by atoms with E-state index in [2.05, 4.69) is 4.74 Å². The van der Waals surface area contributed by atoms with Crippen molar-refractivity contribution in [1.29, 1.82) is 0 Å². The van der Waals surface area contributed by atoms with Gasteiger partial charge >= 0.3 is 5.97 Å². The lowest BCUT2D eigenvalue weighted by Crippen LogP contribution is -1.99. The average molecular weight is 160 g/mol. The molecule has 0 radical (unpaired) electrons. The minimum atomic E-state index is -0.618. The molecule has 0 aliphatic rings. The first kappa shape index (κ1) is 7.21. The van der Waals surface area contributed by atoms with Gasteiger partial charge in [0, 0.05) is 0 Å². The largest absolute Gasteiger partial charge is 0.465 e. The van der Waals surface area contributed by atoms with Crippen molar-refractivity contribution in [2.24, 2.45) is 0 Å². The molecule has 0 amide bonds. The third-order valence-electron chi connectivity index (χ3n) is 0.988. The minimum absolute atomic E-state index is 0.0301. The Hall–Kier alpha value is -0.900. The van der Waals surface area contributed by atoms with Crippen LogP contribution in [0.3, 0.4) is 0 Å². The van der Waals surface area contributed by atoms with E-state index < -0.39 is 11.8 Å². The van der Waals surface area contributed by atoms with Gasteiger partial charge in [0.05, 0.1) is 7.11 Å². The van der Waals surface area contributed by atoms with Crippen LogP contribution in [-0.4, -0.2) is 13.1 Å². The maximum Gasteiger partial charge on any atom is 0.351 e. The van der Waals surface area contributed by atoms with Crippen LogP contribution in [0.1, 0.15) is 9.67 Å². The zero-order valence-corrected chi connectivity index (χ0v) is 6.07. The minimum Gasteiger partial charge on any atom is -0.465 e. The van der Waals surface area contributed by atoms with Crippen molar-refractivity contribution in [2.75, 3.05) is 7.11 Å². The molecule has 1 aromatic heterocycles. The number of esters is 1. The van der Waals surface area contributed by atoms with Crippen LogP contribution in [0.25, 0.3) is 0 Å². The van der Waals surface area contributed by atoms with Crippen molar-refractivity contribution >= 4 is 17.3 Å². The molecular formula is C6H5FO2S. The van der Waals surface area contributed by atoms with E-state index in [4.69, 9.17) is 0 Å². The number of thiophene rings is 1. The molecule has 0 unspecified atom stereocenters. The lowest BCUT2D eigenvalue weighted by Gasteiger charge is -1.92. The summed E-state index contributed by atoms with van der Waals surface area (Å²) in [5.41, 5.74) is 0. The van der Waals surface area contributed by atoms with E-state index in [-0.39, 0.29) is 4.88 Å². The summed E-state index contributed by atoms with van der Waals surface area (Å²) < 4.78 is 16.8. The van der Waals surface area contributed by atoms with Gasteiger partial charge < -0.3 is 4.74 Å². The standard InChI is InChI=1S/C6H5FO2S/c1-9-6(8)5-4(7)2-3-10-5/h2-3H,1H3. The summed E-state index contributed by atoms with van der Waals surface area (Å²) in [5.74, 6) is -1.13. The van der Waals surface area contributed by atoms with Gasteiger partial charge in [-0.05, 0) is 11.4 Å². The van der Waals surface area contributed by atoms with E-state index in [0.717, 1.165) is 11.3 Å². The van der Waals surface area contributed by atoms with E-state index in [1.165, 1.54) is 18.6 Å². The summed E-state index contributed by atoms with van der Waals surface area (Å²) in [6, 6.07) is 1.23. The highest BCUT2D eigenvalue weighted by molar-refractivity contribution is 7.12. The fraction of sp³-hybridized carbons (Fsp3) is 0.167. The fourth-order valence-corrected chi connectivity index (χ4v) is 1.22. The number of carbonyl (C=O) groups is 1. The van der Waals surface area contributed by atoms with Crippen LogP contribution in [0.15, 0.2) is 11.4 Å². The Morgan fingerprint density at radius 1 is 1.80 bits per heavy atom. The molecule has 1 rings (SSSR count). The van der Waals surface area contributed by atoms with Crippen molar-refractivity contribution in [1.82, 2.24) is 0 Å². The molecule has 4 heteroatoms. The van der Waals surface area contributed by atoms with Crippen LogP contribution in [0.5, 0.6) is 0 Å². The molecule has 0 atom stereocenters. The fourth-order valence-electron chi connectivity index (χ4n) is 0.532. The SMILES string of the molecule is COC(=O)c1sccc1F. The van der Waals surface area contributed by atoms with Crippen LogP contribution in [0.2, 0.25) is 0 Å². The number of halogens is 1. The number of hydrogen-bond acceptors (Lipinski definition) is 3. The molecular weight excluding hydrogens is 155 g/mol. The first-order chi connectivity index (χ1) is 4.75. The molecule has 0 saturated heterocycles. The van der Waals surface area contributed by atoms with Gasteiger partial charge in [0.25, 0.3) is 0 Å². The van der Waals surface area contributed by atoms with Crippen LogP contribution >= 0.6 is 11.3 Å². The van der Waals surface area contributed by atoms with Crippen molar-refractivity contribution in [2.45, 2.75) is 0 Å². The quantitative estimate of drug-likeness (QED) is 0.584.